The molecule has 0 radical (unpaired) electrons. The van der Waals surface area contributed by atoms with Crippen LogP contribution in [0.4, 0.5) is 5.69 Å². The van der Waals surface area contributed by atoms with Crippen LogP contribution < -0.4 is 10.6 Å². The van der Waals surface area contributed by atoms with Crippen LogP contribution in [0.15, 0.2) is 6.20 Å². The minimum atomic E-state index is 0.327. The first-order valence-corrected chi connectivity index (χ1v) is 7.00. The second kappa shape index (κ2) is 6.30. The van der Waals surface area contributed by atoms with Gasteiger partial charge in [0, 0.05) is 38.8 Å². The summed E-state index contributed by atoms with van der Waals surface area (Å²) in [7, 11) is 2.10. The number of nitrogens with two attached hydrogens (primary N) is 1. The van der Waals surface area contributed by atoms with Crippen LogP contribution >= 0.6 is 0 Å². The smallest absolute Gasteiger partial charge is 0.131 e. The van der Waals surface area contributed by atoms with Crippen molar-refractivity contribution in [3.8, 4) is 0 Å². The van der Waals surface area contributed by atoms with Crippen molar-refractivity contribution in [1.29, 1.82) is 0 Å². The van der Waals surface area contributed by atoms with Crippen molar-refractivity contribution in [2.24, 2.45) is 5.73 Å². The van der Waals surface area contributed by atoms with Gasteiger partial charge in [-0.05, 0) is 12.8 Å². The first-order chi connectivity index (χ1) is 9.13. The largest absolute Gasteiger partial charge is 0.381 e. The van der Waals surface area contributed by atoms with Crippen molar-refractivity contribution < 1.29 is 4.74 Å². The molecule has 1 aromatic rings. The predicted molar refractivity (Wildman–Crippen MR) is 76.3 cm³/mol. The van der Waals surface area contributed by atoms with Crippen molar-refractivity contribution in [2.45, 2.75) is 45.2 Å². The Bertz CT molecular complexity index is 416. The summed E-state index contributed by atoms with van der Waals surface area (Å²) in [5.74, 6) is 1.19. The summed E-state index contributed by atoms with van der Waals surface area (Å²) in [4.78, 5) is 11.3. The van der Waals surface area contributed by atoms with Gasteiger partial charge in [-0.3, -0.25) is 0 Å². The second-order valence-corrected chi connectivity index (χ2v) is 5.37. The molecule has 1 aromatic heterocycles. The summed E-state index contributed by atoms with van der Waals surface area (Å²) < 4.78 is 5.41. The van der Waals surface area contributed by atoms with E-state index in [0.717, 1.165) is 43.3 Å². The molecule has 1 saturated heterocycles. The van der Waals surface area contributed by atoms with Crippen LogP contribution in [0.5, 0.6) is 0 Å². The molecule has 0 aromatic carbocycles. The minimum Gasteiger partial charge on any atom is -0.381 e. The van der Waals surface area contributed by atoms with E-state index in [9.17, 15) is 0 Å². The highest BCUT2D eigenvalue weighted by Crippen LogP contribution is 2.24. The topological polar surface area (TPSA) is 64.3 Å². The molecule has 2 heterocycles. The van der Waals surface area contributed by atoms with Crippen molar-refractivity contribution in [2.75, 3.05) is 25.2 Å². The van der Waals surface area contributed by atoms with Crippen LogP contribution in [-0.2, 0) is 11.3 Å². The summed E-state index contributed by atoms with van der Waals surface area (Å²) in [6, 6.07) is 0.493. The monoisotopic (exact) mass is 264 g/mol. The van der Waals surface area contributed by atoms with Gasteiger partial charge in [-0.1, -0.05) is 13.8 Å². The average Bonchev–Trinajstić information content (AvgIpc) is 2.46. The number of ether oxygens (including phenoxy) is 1. The van der Waals surface area contributed by atoms with E-state index in [0.29, 0.717) is 18.5 Å². The first-order valence-electron chi connectivity index (χ1n) is 7.00. The molecule has 5 nitrogen and oxygen atoms in total. The van der Waals surface area contributed by atoms with E-state index in [4.69, 9.17) is 10.5 Å². The Morgan fingerprint density at radius 1 is 1.42 bits per heavy atom. The number of anilines is 1. The molecular weight excluding hydrogens is 240 g/mol. The van der Waals surface area contributed by atoms with Gasteiger partial charge < -0.3 is 15.4 Å². The zero-order valence-corrected chi connectivity index (χ0v) is 12.1. The molecule has 19 heavy (non-hydrogen) atoms. The number of aromatic nitrogens is 2. The van der Waals surface area contributed by atoms with Gasteiger partial charge in [0.25, 0.3) is 0 Å². The number of hydrogen-bond acceptors (Lipinski definition) is 5. The van der Waals surface area contributed by atoms with E-state index < -0.39 is 0 Å². The third kappa shape index (κ3) is 3.22. The van der Waals surface area contributed by atoms with E-state index in [1.165, 1.54) is 0 Å². The standard InChI is InChI=1S/C14H24N4O/c1-10(2)14-16-9-13(12(8-15)17-14)18(3)11-4-6-19-7-5-11/h9-11H,4-8,15H2,1-3H3. The molecule has 0 amide bonds. The Morgan fingerprint density at radius 3 is 2.68 bits per heavy atom. The summed E-state index contributed by atoms with van der Waals surface area (Å²) in [5, 5.41) is 0. The second-order valence-electron chi connectivity index (χ2n) is 5.37. The molecule has 0 bridgehead atoms. The molecule has 0 aliphatic carbocycles. The summed E-state index contributed by atoms with van der Waals surface area (Å²) in [6.45, 7) is 6.30. The van der Waals surface area contributed by atoms with Crippen LogP contribution in [0.25, 0.3) is 0 Å². The number of hydrogen-bond donors (Lipinski definition) is 1. The van der Waals surface area contributed by atoms with Gasteiger partial charge in [-0.2, -0.15) is 0 Å². The lowest BCUT2D eigenvalue weighted by Gasteiger charge is -2.33. The van der Waals surface area contributed by atoms with Gasteiger partial charge in [0.15, 0.2) is 0 Å². The maximum Gasteiger partial charge on any atom is 0.131 e. The van der Waals surface area contributed by atoms with Gasteiger partial charge in [0.1, 0.15) is 5.82 Å². The first kappa shape index (κ1) is 14.2. The zero-order valence-electron chi connectivity index (χ0n) is 12.1. The third-order valence-electron chi connectivity index (χ3n) is 3.69. The van der Waals surface area contributed by atoms with Crippen molar-refractivity contribution >= 4 is 5.69 Å². The van der Waals surface area contributed by atoms with Gasteiger partial charge in [0.05, 0.1) is 17.6 Å². The lowest BCUT2D eigenvalue weighted by molar-refractivity contribution is 0.0854. The highest BCUT2D eigenvalue weighted by Gasteiger charge is 2.21. The van der Waals surface area contributed by atoms with Gasteiger partial charge in [-0.15, -0.1) is 0 Å². The minimum absolute atomic E-state index is 0.327. The SMILES string of the molecule is CC(C)c1ncc(N(C)C2CCOCC2)c(CN)n1. The Morgan fingerprint density at radius 2 is 2.11 bits per heavy atom. The quantitative estimate of drug-likeness (QED) is 0.896. The van der Waals surface area contributed by atoms with Crippen LogP contribution in [0.1, 0.15) is 44.1 Å². The molecule has 0 unspecified atom stereocenters. The Balaban J connectivity index is 2.22. The van der Waals surface area contributed by atoms with E-state index in [2.05, 4.69) is 35.8 Å². The van der Waals surface area contributed by atoms with E-state index in [-0.39, 0.29) is 0 Å². The molecule has 1 aliphatic rings. The van der Waals surface area contributed by atoms with Crippen LogP contribution in [0, 0.1) is 0 Å². The van der Waals surface area contributed by atoms with Crippen LogP contribution in [0.3, 0.4) is 0 Å². The zero-order chi connectivity index (χ0) is 13.8. The molecule has 1 aliphatic heterocycles. The van der Waals surface area contributed by atoms with Crippen molar-refractivity contribution in [3.05, 3.63) is 17.7 Å². The molecule has 0 saturated carbocycles. The summed E-state index contributed by atoms with van der Waals surface area (Å²) >= 11 is 0. The normalized spacial score (nSPS) is 16.9. The maximum absolute atomic E-state index is 5.85. The Labute approximate surface area is 115 Å². The average molecular weight is 264 g/mol. The molecule has 0 atom stereocenters. The van der Waals surface area contributed by atoms with Crippen molar-refractivity contribution in [3.63, 3.8) is 0 Å². The lowest BCUT2D eigenvalue weighted by atomic mass is 10.1. The van der Waals surface area contributed by atoms with E-state index in [1.54, 1.807) is 0 Å². The highest BCUT2D eigenvalue weighted by atomic mass is 16.5. The maximum atomic E-state index is 5.85. The number of rotatable bonds is 4. The fourth-order valence-corrected chi connectivity index (χ4v) is 2.42. The Kier molecular flexibility index (Phi) is 4.71. The molecule has 2 rings (SSSR count). The summed E-state index contributed by atoms with van der Waals surface area (Å²) in [6.07, 6.45) is 4.01. The van der Waals surface area contributed by atoms with Gasteiger partial charge in [-0.25, -0.2) is 9.97 Å². The van der Waals surface area contributed by atoms with Gasteiger partial charge in [0.2, 0.25) is 0 Å². The van der Waals surface area contributed by atoms with Crippen LogP contribution in [-0.4, -0.2) is 36.3 Å². The number of nitrogens with zero attached hydrogens (tertiary/aromatic N) is 3. The third-order valence-corrected chi connectivity index (χ3v) is 3.69. The highest BCUT2D eigenvalue weighted by molar-refractivity contribution is 5.49. The predicted octanol–water partition coefficient (Wildman–Crippen LogP) is 1.67. The fourth-order valence-electron chi connectivity index (χ4n) is 2.42. The molecule has 5 heteroatoms. The van der Waals surface area contributed by atoms with Crippen molar-refractivity contribution in [1.82, 2.24) is 9.97 Å². The van der Waals surface area contributed by atoms with E-state index >= 15 is 0 Å². The van der Waals surface area contributed by atoms with Gasteiger partial charge >= 0.3 is 0 Å². The van der Waals surface area contributed by atoms with E-state index in [1.807, 2.05) is 6.20 Å². The molecule has 106 valence electrons. The molecule has 0 spiro atoms. The Hall–Kier alpha value is -1.20. The molecule has 2 N–H and O–H groups in total. The summed E-state index contributed by atoms with van der Waals surface area (Å²) in [5.41, 5.74) is 7.84. The molecule has 1 fully saturated rings. The van der Waals surface area contributed by atoms with Crippen LogP contribution in [0.2, 0.25) is 0 Å². The lowest BCUT2D eigenvalue weighted by Crippen LogP contribution is -2.37. The fraction of sp³-hybridized carbons (Fsp3) is 0.714. The molecular formula is C14H24N4O.